The Labute approximate surface area is 144 Å². The second kappa shape index (κ2) is 7.23. The van der Waals surface area contributed by atoms with Gasteiger partial charge in [-0.25, -0.2) is 9.97 Å². The number of rotatable bonds is 6. The van der Waals surface area contributed by atoms with E-state index in [0.717, 1.165) is 28.4 Å². The summed E-state index contributed by atoms with van der Waals surface area (Å²) in [6.45, 7) is 4.67. The van der Waals surface area contributed by atoms with Crippen molar-refractivity contribution in [3.63, 3.8) is 0 Å². The molecule has 24 heavy (non-hydrogen) atoms. The van der Waals surface area contributed by atoms with Gasteiger partial charge in [0.25, 0.3) is 0 Å². The van der Waals surface area contributed by atoms with E-state index in [-0.39, 0.29) is 6.04 Å². The Morgan fingerprint density at radius 3 is 2.71 bits per heavy atom. The van der Waals surface area contributed by atoms with E-state index in [0.29, 0.717) is 12.3 Å². The first-order valence-electron chi connectivity index (χ1n) is 7.93. The lowest BCUT2D eigenvalue weighted by atomic mass is 10.1. The van der Waals surface area contributed by atoms with Crippen molar-refractivity contribution >= 4 is 16.6 Å². The van der Waals surface area contributed by atoms with Gasteiger partial charge in [0.2, 0.25) is 5.78 Å². The van der Waals surface area contributed by atoms with E-state index in [1.165, 1.54) is 0 Å². The van der Waals surface area contributed by atoms with Crippen molar-refractivity contribution in [1.82, 2.24) is 19.7 Å². The van der Waals surface area contributed by atoms with Crippen LogP contribution in [0.15, 0.2) is 42.6 Å². The van der Waals surface area contributed by atoms with E-state index in [1.54, 1.807) is 6.26 Å². The van der Waals surface area contributed by atoms with Crippen LogP contribution in [-0.4, -0.2) is 30.6 Å². The molecule has 5 nitrogen and oxygen atoms in total. The van der Waals surface area contributed by atoms with Gasteiger partial charge in [0.05, 0.1) is 11.9 Å². The van der Waals surface area contributed by atoms with Crippen molar-refractivity contribution < 1.29 is 4.21 Å². The second-order valence-electron chi connectivity index (χ2n) is 6.01. The molecule has 0 amide bonds. The standard InChI is InChI=1S/C18H22N4OS/c1-13-9-14(2)22-16(11-20-18(22)21-13)10-19-17(12-24(3)23)15-7-5-4-6-8-15/h4-9,11,17,19H,10,12H2,1-3H3/t17-,24+/m1/s1. The number of hydrogen-bond donors (Lipinski definition) is 1. The number of imidazole rings is 1. The summed E-state index contributed by atoms with van der Waals surface area (Å²) in [5.74, 6) is 1.30. The number of aromatic nitrogens is 3. The zero-order valence-electron chi connectivity index (χ0n) is 14.2. The molecule has 2 heterocycles. The van der Waals surface area contributed by atoms with E-state index in [4.69, 9.17) is 0 Å². The lowest BCUT2D eigenvalue weighted by molar-refractivity contribution is 0.565. The largest absolute Gasteiger partial charge is 0.303 e. The summed E-state index contributed by atoms with van der Waals surface area (Å²) in [7, 11) is -0.876. The third kappa shape index (κ3) is 3.71. The molecule has 2 aromatic heterocycles. The molecule has 0 saturated carbocycles. The summed E-state index contributed by atoms with van der Waals surface area (Å²) < 4.78 is 13.8. The average Bonchev–Trinajstić information content (AvgIpc) is 2.95. The maximum Gasteiger partial charge on any atom is 0.234 e. The highest BCUT2D eigenvalue weighted by Gasteiger charge is 2.14. The van der Waals surface area contributed by atoms with Crippen LogP contribution in [0.2, 0.25) is 0 Å². The summed E-state index contributed by atoms with van der Waals surface area (Å²) in [5, 5.41) is 3.52. The van der Waals surface area contributed by atoms with Gasteiger partial charge in [-0.15, -0.1) is 0 Å². The number of nitrogens with one attached hydrogen (secondary N) is 1. The minimum Gasteiger partial charge on any atom is -0.303 e. The Kier molecular flexibility index (Phi) is 5.06. The molecule has 0 aliphatic heterocycles. The molecule has 0 spiro atoms. The quantitative estimate of drug-likeness (QED) is 0.748. The second-order valence-corrected chi connectivity index (χ2v) is 7.49. The zero-order chi connectivity index (χ0) is 17.1. The van der Waals surface area contributed by atoms with Crippen LogP contribution in [0.3, 0.4) is 0 Å². The molecule has 3 aromatic rings. The average molecular weight is 342 g/mol. The predicted octanol–water partition coefficient (Wildman–Crippen LogP) is 2.56. The summed E-state index contributed by atoms with van der Waals surface area (Å²) in [6, 6.07) is 12.2. The summed E-state index contributed by atoms with van der Waals surface area (Å²) in [6.07, 6.45) is 3.59. The summed E-state index contributed by atoms with van der Waals surface area (Å²) >= 11 is 0. The van der Waals surface area contributed by atoms with Gasteiger partial charge in [-0.2, -0.15) is 0 Å². The fourth-order valence-electron chi connectivity index (χ4n) is 2.94. The molecule has 0 radical (unpaired) electrons. The molecule has 0 unspecified atom stereocenters. The van der Waals surface area contributed by atoms with Crippen LogP contribution in [0.1, 0.15) is 28.7 Å². The van der Waals surface area contributed by atoms with E-state index in [2.05, 4.69) is 38.7 Å². The summed E-state index contributed by atoms with van der Waals surface area (Å²) in [5.41, 5.74) is 4.28. The van der Waals surface area contributed by atoms with Crippen LogP contribution in [0.4, 0.5) is 0 Å². The van der Waals surface area contributed by atoms with Crippen LogP contribution in [-0.2, 0) is 17.3 Å². The molecule has 1 aromatic carbocycles. The maximum atomic E-state index is 11.7. The fraction of sp³-hybridized carbons (Fsp3) is 0.333. The molecular formula is C18H22N4OS. The molecular weight excluding hydrogens is 320 g/mol. The molecule has 0 aliphatic carbocycles. The van der Waals surface area contributed by atoms with Gasteiger partial charge in [-0.1, -0.05) is 30.3 Å². The van der Waals surface area contributed by atoms with Gasteiger partial charge in [0.15, 0.2) is 0 Å². The third-order valence-corrected chi connectivity index (χ3v) is 4.80. The van der Waals surface area contributed by atoms with Crippen LogP contribution in [0, 0.1) is 13.8 Å². The molecule has 3 rings (SSSR count). The van der Waals surface area contributed by atoms with Crippen LogP contribution in [0.5, 0.6) is 0 Å². The molecule has 2 atom stereocenters. The van der Waals surface area contributed by atoms with E-state index in [9.17, 15) is 4.21 Å². The Bertz CT molecular complexity index is 860. The van der Waals surface area contributed by atoms with Gasteiger partial charge >= 0.3 is 0 Å². The van der Waals surface area contributed by atoms with Crippen molar-refractivity contribution in [3.8, 4) is 0 Å². The predicted molar refractivity (Wildman–Crippen MR) is 97.4 cm³/mol. The molecule has 0 saturated heterocycles. The smallest absolute Gasteiger partial charge is 0.234 e. The Morgan fingerprint density at radius 1 is 1.25 bits per heavy atom. The minimum atomic E-state index is -0.876. The minimum absolute atomic E-state index is 0.0429. The topological polar surface area (TPSA) is 59.3 Å². The molecule has 0 bridgehead atoms. The summed E-state index contributed by atoms with van der Waals surface area (Å²) in [4.78, 5) is 8.87. The third-order valence-electron chi connectivity index (χ3n) is 4.00. The van der Waals surface area contributed by atoms with Crippen LogP contribution >= 0.6 is 0 Å². The van der Waals surface area contributed by atoms with Crippen LogP contribution in [0.25, 0.3) is 5.78 Å². The first-order valence-corrected chi connectivity index (χ1v) is 9.66. The molecule has 1 N–H and O–H groups in total. The first-order chi connectivity index (χ1) is 11.5. The lowest BCUT2D eigenvalue weighted by Crippen LogP contribution is -2.26. The molecule has 0 fully saturated rings. The highest BCUT2D eigenvalue weighted by atomic mass is 32.2. The zero-order valence-corrected chi connectivity index (χ0v) is 15.0. The van der Waals surface area contributed by atoms with Crippen molar-refractivity contribution in [2.24, 2.45) is 0 Å². The van der Waals surface area contributed by atoms with Gasteiger partial charge in [-0.3, -0.25) is 8.61 Å². The lowest BCUT2D eigenvalue weighted by Gasteiger charge is -2.18. The van der Waals surface area contributed by atoms with E-state index >= 15 is 0 Å². The monoisotopic (exact) mass is 342 g/mol. The van der Waals surface area contributed by atoms with Gasteiger partial charge in [0.1, 0.15) is 0 Å². The SMILES string of the molecule is Cc1cc(C)n2c(CN[C@H](C[S@](C)=O)c3ccccc3)cnc2n1. The first kappa shape index (κ1) is 16.8. The Balaban J connectivity index is 1.83. The molecule has 6 heteroatoms. The van der Waals surface area contributed by atoms with Gasteiger partial charge in [0, 0.05) is 46.8 Å². The Morgan fingerprint density at radius 2 is 2.00 bits per heavy atom. The number of nitrogens with zero attached hydrogens (tertiary/aromatic N) is 3. The number of hydrogen-bond acceptors (Lipinski definition) is 4. The van der Waals surface area contributed by atoms with Gasteiger partial charge < -0.3 is 5.32 Å². The normalized spacial score (nSPS) is 14.0. The number of aryl methyl sites for hydroxylation is 2. The van der Waals surface area contributed by atoms with Crippen molar-refractivity contribution in [2.75, 3.05) is 12.0 Å². The molecule has 126 valence electrons. The van der Waals surface area contributed by atoms with E-state index < -0.39 is 10.8 Å². The fourth-order valence-corrected chi connectivity index (χ4v) is 3.72. The highest BCUT2D eigenvalue weighted by Crippen LogP contribution is 2.16. The van der Waals surface area contributed by atoms with Crippen molar-refractivity contribution in [2.45, 2.75) is 26.4 Å². The number of fused-ring (bicyclic) bond motifs is 1. The Hall–Kier alpha value is -2.05. The van der Waals surface area contributed by atoms with Crippen molar-refractivity contribution in [1.29, 1.82) is 0 Å². The number of benzene rings is 1. The van der Waals surface area contributed by atoms with Crippen LogP contribution < -0.4 is 5.32 Å². The van der Waals surface area contributed by atoms with Gasteiger partial charge in [-0.05, 0) is 25.5 Å². The van der Waals surface area contributed by atoms with Crippen molar-refractivity contribution in [3.05, 3.63) is 65.2 Å². The van der Waals surface area contributed by atoms with E-state index in [1.807, 2.05) is 37.4 Å². The molecule has 0 aliphatic rings. The highest BCUT2D eigenvalue weighted by molar-refractivity contribution is 7.84. The maximum absolute atomic E-state index is 11.7.